The van der Waals surface area contributed by atoms with Gasteiger partial charge in [0, 0.05) is 32.7 Å². The lowest BCUT2D eigenvalue weighted by molar-refractivity contribution is -0.130. The quantitative estimate of drug-likeness (QED) is 0.608. The van der Waals surface area contributed by atoms with Gasteiger partial charge in [-0.1, -0.05) is 0 Å². The molecule has 0 bridgehead atoms. The van der Waals surface area contributed by atoms with E-state index in [0.717, 1.165) is 45.7 Å². The van der Waals surface area contributed by atoms with Gasteiger partial charge in [-0.25, -0.2) is 5.01 Å². The Balaban J connectivity index is 1.74. The van der Waals surface area contributed by atoms with Crippen LogP contribution in [-0.4, -0.2) is 62.1 Å². The highest BCUT2D eigenvalue weighted by Crippen LogP contribution is 2.07. The maximum Gasteiger partial charge on any atom is 0.238 e. The molecule has 2 fully saturated rings. The van der Waals surface area contributed by atoms with Crippen molar-refractivity contribution in [2.45, 2.75) is 6.42 Å². The average molecular weight is 212 g/mol. The predicted molar refractivity (Wildman–Crippen MR) is 58.2 cm³/mol. The Bertz CT molecular complexity index is 219. The Morgan fingerprint density at radius 3 is 2.67 bits per heavy atom. The Kier molecular flexibility index (Phi) is 3.56. The van der Waals surface area contributed by atoms with Crippen molar-refractivity contribution >= 4 is 5.91 Å². The van der Waals surface area contributed by atoms with Gasteiger partial charge in [0.1, 0.15) is 0 Å². The average Bonchev–Trinajstić information content (AvgIpc) is 2.74. The van der Waals surface area contributed by atoms with Gasteiger partial charge in [-0.15, -0.1) is 0 Å². The van der Waals surface area contributed by atoms with E-state index in [-0.39, 0.29) is 11.8 Å². The summed E-state index contributed by atoms with van der Waals surface area (Å²) >= 11 is 0. The maximum absolute atomic E-state index is 11.8. The van der Waals surface area contributed by atoms with Crippen LogP contribution in [0.1, 0.15) is 6.42 Å². The van der Waals surface area contributed by atoms with E-state index in [4.69, 9.17) is 0 Å². The van der Waals surface area contributed by atoms with Crippen LogP contribution in [-0.2, 0) is 4.79 Å². The largest absolute Gasteiger partial charge is 0.316 e. The molecule has 2 aliphatic heterocycles. The molecule has 0 aromatic carbocycles. The minimum atomic E-state index is 0.171. The first-order valence-corrected chi connectivity index (χ1v) is 5.70. The second kappa shape index (κ2) is 4.92. The smallest absolute Gasteiger partial charge is 0.238 e. The van der Waals surface area contributed by atoms with Crippen LogP contribution in [0.2, 0.25) is 0 Å². The van der Waals surface area contributed by atoms with Crippen LogP contribution in [0, 0.1) is 5.92 Å². The molecular weight excluding hydrogens is 192 g/mol. The first-order valence-electron chi connectivity index (χ1n) is 5.70. The van der Waals surface area contributed by atoms with Crippen molar-refractivity contribution < 1.29 is 4.79 Å². The third-order valence-corrected chi connectivity index (χ3v) is 3.20. The van der Waals surface area contributed by atoms with Gasteiger partial charge in [0.25, 0.3) is 0 Å². The lowest BCUT2D eigenvalue weighted by atomic mass is 10.1. The van der Waals surface area contributed by atoms with Crippen LogP contribution in [0.3, 0.4) is 0 Å². The molecular formula is C10H20N4O. The number of amides is 1. The highest BCUT2D eigenvalue weighted by Gasteiger charge is 2.24. The highest BCUT2D eigenvalue weighted by molar-refractivity contribution is 5.78. The molecule has 0 spiro atoms. The normalized spacial score (nSPS) is 29.3. The van der Waals surface area contributed by atoms with Gasteiger partial charge >= 0.3 is 0 Å². The van der Waals surface area contributed by atoms with Crippen molar-refractivity contribution in [2.75, 3.05) is 46.3 Å². The van der Waals surface area contributed by atoms with E-state index in [1.807, 2.05) is 5.01 Å². The van der Waals surface area contributed by atoms with Crippen LogP contribution in [0.25, 0.3) is 0 Å². The van der Waals surface area contributed by atoms with Crippen molar-refractivity contribution in [1.82, 2.24) is 20.7 Å². The first-order chi connectivity index (χ1) is 7.25. The fourth-order valence-electron chi connectivity index (χ4n) is 2.04. The molecule has 2 aliphatic rings. The molecule has 2 N–H and O–H groups in total. The van der Waals surface area contributed by atoms with E-state index in [9.17, 15) is 4.79 Å². The Morgan fingerprint density at radius 1 is 1.33 bits per heavy atom. The third kappa shape index (κ3) is 2.90. The molecule has 5 nitrogen and oxygen atoms in total. The number of carbonyl (C=O) groups excluding carboxylic acids is 1. The number of hydrogen-bond acceptors (Lipinski definition) is 4. The van der Waals surface area contributed by atoms with Crippen LogP contribution in [0.15, 0.2) is 0 Å². The van der Waals surface area contributed by atoms with Crippen molar-refractivity contribution in [3.8, 4) is 0 Å². The van der Waals surface area contributed by atoms with Gasteiger partial charge in [0.05, 0.1) is 5.92 Å². The van der Waals surface area contributed by atoms with E-state index in [1.165, 1.54) is 0 Å². The fraction of sp³-hybridized carbons (Fsp3) is 0.900. The zero-order valence-electron chi connectivity index (χ0n) is 9.33. The summed E-state index contributed by atoms with van der Waals surface area (Å²) in [5.41, 5.74) is 3.01. The van der Waals surface area contributed by atoms with Crippen LogP contribution in [0.4, 0.5) is 0 Å². The zero-order chi connectivity index (χ0) is 10.7. The minimum absolute atomic E-state index is 0.171. The number of hydrogen-bond donors (Lipinski definition) is 2. The summed E-state index contributed by atoms with van der Waals surface area (Å²) < 4.78 is 0. The summed E-state index contributed by atoms with van der Waals surface area (Å²) in [5, 5.41) is 5.25. The number of piperazine rings is 1. The Morgan fingerprint density at radius 2 is 2.07 bits per heavy atom. The zero-order valence-corrected chi connectivity index (χ0v) is 9.33. The summed E-state index contributed by atoms with van der Waals surface area (Å²) in [5.74, 6) is 0.356. The Hall–Kier alpha value is -0.650. The van der Waals surface area contributed by atoms with E-state index in [0.29, 0.717) is 0 Å². The van der Waals surface area contributed by atoms with E-state index in [1.54, 1.807) is 0 Å². The molecule has 1 atom stereocenters. The van der Waals surface area contributed by atoms with Gasteiger partial charge in [-0.2, -0.15) is 0 Å². The summed E-state index contributed by atoms with van der Waals surface area (Å²) in [4.78, 5) is 14.1. The second-order valence-electron chi connectivity index (χ2n) is 4.46. The highest BCUT2D eigenvalue weighted by atomic mass is 16.2. The van der Waals surface area contributed by atoms with Crippen LogP contribution in [0.5, 0.6) is 0 Å². The number of hydrazine groups is 1. The summed E-state index contributed by atoms with van der Waals surface area (Å²) in [6, 6.07) is 0. The van der Waals surface area contributed by atoms with Crippen molar-refractivity contribution in [1.29, 1.82) is 0 Å². The summed E-state index contributed by atoms with van der Waals surface area (Å²) in [7, 11) is 2.11. The van der Waals surface area contributed by atoms with Gasteiger partial charge in [-0.3, -0.25) is 10.2 Å². The summed E-state index contributed by atoms with van der Waals surface area (Å²) in [6.07, 6.45) is 0.972. The van der Waals surface area contributed by atoms with Crippen molar-refractivity contribution in [3.63, 3.8) is 0 Å². The van der Waals surface area contributed by atoms with Crippen molar-refractivity contribution in [2.24, 2.45) is 5.92 Å². The SMILES string of the molecule is CN1CCN(NC(=O)C2CCNC2)CC1. The first kappa shape index (κ1) is 10.9. The molecule has 2 rings (SSSR count). The lowest BCUT2D eigenvalue weighted by Gasteiger charge is -2.32. The molecule has 0 aromatic heterocycles. The lowest BCUT2D eigenvalue weighted by Crippen LogP contribution is -2.53. The minimum Gasteiger partial charge on any atom is -0.316 e. The topological polar surface area (TPSA) is 47.6 Å². The van der Waals surface area contributed by atoms with E-state index in [2.05, 4.69) is 22.7 Å². The number of carbonyl (C=O) groups is 1. The number of likely N-dealkylation sites (N-methyl/N-ethyl adjacent to an activating group) is 1. The molecule has 2 saturated heterocycles. The molecule has 0 aliphatic carbocycles. The molecule has 0 radical (unpaired) electrons. The van der Waals surface area contributed by atoms with Gasteiger partial charge in [0.2, 0.25) is 5.91 Å². The molecule has 0 aromatic rings. The predicted octanol–water partition coefficient (Wildman–Crippen LogP) is -1.13. The molecule has 1 unspecified atom stereocenters. The number of rotatable bonds is 2. The maximum atomic E-state index is 11.8. The monoisotopic (exact) mass is 212 g/mol. The molecule has 15 heavy (non-hydrogen) atoms. The molecule has 86 valence electrons. The van der Waals surface area contributed by atoms with Gasteiger partial charge < -0.3 is 10.2 Å². The molecule has 5 heteroatoms. The van der Waals surface area contributed by atoms with Crippen LogP contribution < -0.4 is 10.7 Å². The number of nitrogens with one attached hydrogen (secondary N) is 2. The van der Waals surface area contributed by atoms with E-state index >= 15 is 0 Å². The second-order valence-corrected chi connectivity index (χ2v) is 4.46. The van der Waals surface area contributed by atoms with Gasteiger partial charge in [-0.05, 0) is 20.0 Å². The van der Waals surface area contributed by atoms with E-state index < -0.39 is 0 Å². The Labute approximate surface area is 90.8 Å². The molecule has 2 heterocycles. The molecule has 1 amide bonds. The third-order valence-electron chi connectivity index (χ3n) is 3.20. The number of nitrogens with zero attached hydrogens (tertiary/aromatic N) is 2. The summed E-state index contributed by atoms with van der Waals surface area (Å²) in [6.45, 7) is 5.73. The molecule has 0 saturated carbocycles. The van der Waals surface area contributed by atoms with Crippen molar-refractivity contribution in [3.05, 3.63) is 0 Å². The van der Waals surface area contributed by atoms with Gasteiger partial charge in [0.15, 0.2) is 0 Å². The van der Waals surface area contributed by atoms with Crippen LogP contribution >= 0.6 is 0 Å². The standard InChI is InChI=1S/C10H20N4O/c1-13-4-6-14(7-5-13)12-10(15)9-2-3-11-8-9/h9,11H,2-8H2,1H3,(H,12,15). The fourth-order valence-corrected chi connectivity index (χ4v) is 2.04.